The van der Waals surface area contributed by atoms with Crippen LogP contribution >= 0.6 is 11.6 Å². The number of pyridine rings is 2. The molecule has 0 aliphatic rings. The number of hydrogen-bond donors (Lipinski definition) is 1. The van der Waals surface area contributed by atoms with Gasteiger partial charge in [-0.15, -0.1) is 0 Å². The lowest BCUT2D eigenvalue weighted by Crippen LogP contribution is -2.20. The van der Waals surface area contributed by atoms with Gasteiger partial charge in [0.1, 0.15) is 0 Å². The number of halogens is 1. The van der Waals surface area contributed by atoms with Crippen molar-refractivity contribution in [3.05, 3.63) is 103 Å². The lowest BCUT2D eigenvalue weighted by atomic mass is 9.86. The number of rotatable bonds is 5. The van der Waals surface area contributed by atoms with Crippen molar-refractivity contribution in [2.45, 2.75) is 12.3 Å². The highest BCUT2D eigenvalue weighted by atomic mass is 35.5. The number of oxime groups is 1. The Morgan fingerprint density at radius 2 is 1.64 bits per heavy atom. The topological polar surface area (TPSA) is 76.6 Å². The van der Waals surface area contributed by atoms with Crippen LogP contribution in [0.25, 0.3) is 0 Å². The summed E-state index contributed by atoms with van der Waals surface area (Å²) in [5.41, 5.74) is 2.49. The standard InChI is InChI=1S/C21H20ClN3O3/c1-24-12-14(7-9-20(24)26)17(16-5-3-4-6-18(16)22)11-19(23-28)15-8-10-21(27)25(2)13-15/h3-10,12-13,17,28H,11H2,1-2H3/b23-19+. The Hall–Kier alpha value is -3.12. The number of aromatic nitrogens is 2. The van der Waals surface area contributed by atoms with Gasteiger partial charge in [0.25, 0.3) is 0 Å². The van der Waals surface area contributed by atoms with Crippen molar-refractivity contribution in [2.24, 2.45) is 19.3 Å². The summed E-state index contributed by atoms with van der Waals surface area (Å²) in [5, 5.41) is 13.7. The molecule has 0 fully saturated rings. The largest absolute Gasteiger partial charge is 0.411 e. The molecule has 1 atom stereocenters. The summed E-state index contributed by atoms with van der Waals surface area (Å²) in [6.45, 7) is 0. The summed E-state index contributed by atoms with van der Waals surface area (Å²) >= 11 is 6.44. The van der Waals surface area contributed by atoms with E-state index in [0.717, 1.165) is 11.1 Å². The average Bonchev–Trinajstić information content (AvgIpc) is 2.68. The van der Waals surface area contributed by atoms with E-state index in [9.17, 15) is 14.8 Å². The predicted molar refractivity (Wildman–Crippen MR) is 110 cm³/mol. The highest BCUT2D eigenvalue weighted by molar-refractivity contribution is 6.31. The Labute approximate surface area is 166 Å². The van der Waals surface area contributed by atoms with Crippen molar-refractivity contribution >= 4 is 17.3 Å². The van der Waals surface area contributed by atoms with Gasteiger partial charge in [-0.1, -0.05) is 41.0 Å². The van der Waals surface area contributed by atoms with Crippen LogP contribution in [0.2, 0.25) is 5.02 Å². The van der Waals surface area contributed by atoms with Crippen LogP contribution in [0, 0.1) is 0 Å². The second kappa shape index (κ2) is 8.27. The van der Waals surface area contributed by atoms with Crippen LogP contribution in [-0.2, 0) is 14.1 Å². The molecule has 1 N–H and O–H groups in total. The normalized spacial score (nSPS) is 12.8. The third-order valence-corrected chi connectivity index (χ3v) is 5.07. The fourth-order valence-corrected chi connectivity index (χ4v) is 3.43. The maximum Gasteiger partial charge on any atom is 0.250 e. The summed E-state index contributed by atoms with van der Waals surface area (Å²) in [4.78, 5) is 23.5. The van der Waals surface area contributed by atoms with Crippen LogP contribution in [0.5, 0.6) is 0 Å². The van der Waals surface area contributed by atoms with Crippen LogP contribution in [0.1, 0.15) is 29.0 Å². The van der Waals surface area contributed by atoms with Gasteiger partial charge < -0.3 is 14.3 Å². The van der Waals surface area contributed by atoms with Crippen molar-refractivity contribution in [3.63, 3.8) is 0 Å². The van der Waals surface area contributed by atoms with Gasteiger partial charge in [-0.05, 0) is 23.3 Å². The van der Waals surface area contributed by atoms with Gasteiger partial charge in [-0.25, -0.2) is 0 Å². The molecular weight excluding hydrogens is 378 g/mol. The van der Waals surface area contributed by atoms with Crippen molar-refractivity contribution in [3.8, 4) is 0 Å². The molecule has 3 aromatic rings. The summed E-state index contributed by atoms with van der Waals surface area (Å²) < 4.78 is 2.93. The van der Waals surface area contributed by atoms with Gasteiger partial charge >= 0.3 is 0 Å². The smallest absolute Gasteiger partial charge is 0.250 e. The molecule has 0 aliphatic carbocycles. The molecule has 0 radical (unpaired) electrons. The second-order valence-electron chi connectivity index (χ2n) is 6.60. The van der Waals surface area contributed by atoms with Crippen LogP contribution in [0.4, 0.5) is 0 Å². The molecule has 6 nitrogen and oxygen atoms in total. The minimum atomic E-state index is -0.247. The SMILES string of the molecule is Cn1cc(/C(CC(c2ccc(=O)n(C)c2)c2ccccc2Cl)=N/O)ccc1=O. The van der Waals surface area contributed by atoms with Crippen LogP contribution in [-0.4, -0.2) is 20.1 Å². The molecule has 0 bridgehead atoms. The van der Waals surface area contributed by atoms with E-state index in [4.69, 9.17) is 11.6 Å². The molecule has 2 heterocycles. The molecule has 28 heavy (non-hydrogen) atoms. The quantitative estimate of drug-likeness (QED) is 0.408. The number of hydrogen-bond acceptors (Lipinski definition) is 4. The molecular formula is C21H20ClN3O3. The average molecular weight is 398 g/mol. The molecule has 0 aliphatic heterocycles. The lowest BCUT2D eigenvalue weighted by Gasteiger charge is -2.20. The first-order chi connectivity index (χ1) is 13.4. The molecule has 1 unspecified atom stereocenters. The summed E-state index contributed by atoms with van der Waals surface area (Å²) in [5.74, 6) is -0.247. The maximum absolute atomic E-state index is 11.8. The van der Waals surface area contributed by atoms with Gasteiger partial charge in [0, 0.05) is 61.5 Å². The van der Waals surface area contributed by atoms with Gasteiger partial charge in [0.05, 0.1) is 5.71 Å². The minimum absolute atomic E-state index is 0.115. The molecule has 7 heteroatoms. The van der Waals surface area contributed by atoms with Crippen LogP contribution in [0.15, 0.2) is 75.7 Å². The van der Waals surface area contributed by atoms with Crippen molar-refractivity contribution in [1.82, 2.24) is 9.13 Å². The number of aryl methyl sites for hydroxylation is 2. The number of benzene rings is 1. The Morgan fingerprint density at radius 1 is 1.00 bits per heavy atom. The fraction of sp³-hybridized carbons (Fsp3) is 0.190. The van der Waals surface area contributed by atoms with Crippen molar-refractivity contribution in [2.75, 3.05) is 0 Å². The van der Waals surface area contributed by atoms with Gasteiger partial charge in [0.2, 0.25) is 11.1 Å². The Bertz CT molecular complexity index is 1150. The Morgan fingerprint density at radius 3 is 2.25 bits per heavy atom. The van der Waals surface area contributed by atoms with Crippen LogP contribution in [0.3, 0.4) is 0 Å². The zero-order chi connectivity index (χ0) is 20.3. The van der Waals surface area contributed by atoms with Crippen LogP contribution < -0.4 is 11.1 Å². The Balaban J connectivity index is 2.09. The zero-order valence-electron chi connectivity index (χ0n) is 15.5. The van der Waals surface area contributed by atoms with E-state index >= 15 is 0 Å². The predicted octanol–water partition coefficient (Wildman–Crippen LogP) is 3.14. The van der Waals surface area contributed by atoms with E-state index in [-0.39, 0.29) is 17.0 Å². The van der Waals surface area contributed by atoms with Gasteiger partial charge in [0.15, 0.2) is 0 Å². The van der Waals surface area contributed by atoms with E-state index in [2.05, 4.69) is 5.16 Å². The van der Waals surface area contributed by atoms with Gasteiger partial charge in [-0.2, -0.15) is 0 Å². The first-order valence-corrected chi connectivity index (χ1v) is 9.07. The third-order valence-electron chi connectivity index (χ3n) is 4.73. The molecule has 0 amide bonds. The summed E-state index contributed by atoms with van der Waals surface area (Å²) in [7, 11) is 3.32. The molecule has 1 aromatic carbocycles. The van der Waals surface area contributed by atoms with E-state index in [1.807, 2.05) is 18.2 Å². The van der Waals surface area contributed by atoms with Crippen molar-refractivity contribution in [1.29, 1.82) is 0 Å². The third kappa shape index (κ3) is 4.07. The first-order valence-electron chi connectivity index (χ1n) is 8.69. The fourth-order valence-electron chi connectivity index (χ4n) is 3.16. The van der Waals surface area contributed by atoms with E-state index in [1.165, 1.54) is 21.3 Å². The second-order valence-corrected chi connectivity index (χ2v) is 7.01. The first kappa shape index (κ1) is 19.6. The van der Waals surface area contributed by atoms with E-state index < -0.39 is 0 Å². The summed E-state index contributed by atoms with van der Waals surface area (Å²) in [6, 6.07) is 13.8. The molecule has 2 aromatic heterocycles. The molecule has 0 saturated carbocycles. The maximum atomic E-state index is 11.8. The molecule has 0 saturated heterocycles. The van der Waals surface area contributed by atoms with E-state index in [0.29, 0.717) is 22.7 Å². The highest BCUT2D eigenvalue weighted by Crippen LogP contribution is 2.33. The highest BCUT2D eigenvalue weighted by Gasteiger charge is 2.21. The van der Waals surface area contributed by atoms with Crippen molar-refractivity contribution < 1.29 is 5.21 Å². The molecule has 0 spiro atoms. The Kier molecular flexibility index (Phi) is 5.80. The monoisotopic (exact) mass is 397 g/mol. The number of nitrogens with zero attached hydrogens (tertiary/aromatic N) is 3. The summed E-state index contributed by atoms with van der Waals surface area (Å²) in [6.07, 6.45) is 3.71. The minimum Gasteiger partial charge on any atom is -0.411 e. The van der Waals surface area contributed by atoms with E-state index in [1.54, 1.807) is 44.7 Å². The molecule has 3 rings (SSSR count). The molecule has 144 valence electrons. The van der Waals surface area contributed by atoms with Gasteiger partial charge in [-0.3, -0.25) is 9.59 Å². The zero-order valence-corrected chi connectivity index (χ0v) is 16.3. The lowest BCUT2D eigenvalue weighted by molar-refractivity contribution is 0.317.